The van der Waals surface area contributed by atoms with Gasteiger partial charge in [0.25, 0.3) is 5.91 Å². The van der Waals surface area contributed by atoms with Gasteiger partial charge in [0.2, 0.25) is 6.23 Å². The topological polar surface area (TPSA) is 86.6 Å². The number of carbonyl (C=O) groups excluding carboxylic acids is 1. The zero-order valence-corrected chi connectivity index (χ0v) is 6.13. The second kappa shape index (κ2) is 3.95. The number of carbonyl (C=O) groups is 2. The molecule has 0 aliphatic heterocycles. The van der Waals surface area contributed by atoms with Crippen LogP contribution in [-0.4, -0.2) is 28.3 Å². The first-order valence-electron chi connectivity index (χ1n) is 2.51. The summed E-state index contributed by atoms with van der Waals surface area (Å²) in [6, 6.07) is 0. The summed E-state index contributed by atoms with van der Waals surface area (Å²) in [6.45, 7) is 3.02. The number of rotatable bonds is 3. The van der Waals surface area contributed by atoms with Crippen LogP contribution in [0.15, 0.2) is 11.6 Å². The highest BCUT2D eigenvalue weighted by molar-refractivity contribution is 6.41. The molecule has 1 amide bonds. The molecular formula is C5H6ClNO4. The lowest BCUT2D eigenvalue weighted by Crippen LogP contribution is -2.40. The highest BCUT2D eigenvalue weighted by Gasteiger charge is 2.16. The highest BCUT2D eigenvalue weighted by atomic mass is 35.5. The summed E-state index contributed by atoms with van der Waals surface area (Å²) >= 11 is 5.07. The second-order valence-electron chi connectivity index (χ2n) is 1.62. The van der Waals surface area contributed by atoms with Crippen LogP contribution in [0.25, 0.3) is 0 Å². The van der Waals surface area contributed by atoms with Crippen LogP contribution >= 0.6 is 11.6 Å². The third kappa shape index (κ3) is 3.59. The van der Waals surface area contributed by atoms with E-state index in [1.807, 2.05) is 0 Å². The van der Waals surface area contributed by atoms with E-state index in [4.69, 9.17) is 21.8 Å². The van der Waals surface area contributed by atoms with Gasteiger partial charge in [-0.05, 0) is 0 Å². The summed E-state index contributed by atoms with van der Waals surface area (Å²) in [6.07, 6.45) is -1.95. The zero-order chi connectivity index (χ0) is 9.02. The minimum atomic E-state index is -1.95. The van der Waals surface area contributed by atoms with Crippen molar-refractivity contribution in [2.75, 3.05) is 0 Å². The Morgan fingerprint density at radius 3 is 2.27 bits per heavy atom. The number of hydrogen-bond donors (Lipinski definition) is 3. The van der Waals surface area contributed by atoms with E-state index in [0.717, 1.165) is 0 Å². The summed E-state index contributed by atoms with van der Waals surface area (Å²) in [4.78, 5) is 20.4. The Morgan fingerprint density at radius 1 is 1.55 bits per heavy atom. The van der Waals surface area contributed by atoms with Gasteiger partial charge in [0.05, 0.1) is 5.03 Å². The quantitative estimate of drug-likeness (QED) is 0.393. The summed E-state index contributed by atoms with van der Waals surface area (Å²) in [5, 5.41) is 17.9. The maximum absolute atomic E-state index is 10.5. The Labute approximate surface area is 67.3 Å². The molecule has 0 bridgehead atoms. The Balaban J connectivity index is 3.95. The van der Waals surface area contributed by atoms with Crippen LogP contribution in [0, 0.1) is 0 Å². The molecule has 6 heteroatoms. The van der Waals surface area contributed by atoms with Crippen molar-refractivity contribution in [2.24, 2.45) is 0 Å². The van der Waals surface area contributed by atoms with E-state index in [1.54, 1.807) is 5.32 Å². The first-order valence-corrected chi connectivity index (χ1v) is 2.89. The lowest BCUT2D eigenvalue weighted by atomic mass is 10.5. The number of nitrogens with one attached hydrogen (secondary N) is 1. The average molecular weight is 180 g/mol. The van der Waals surface area contributed by atoms with Gasteiger partial charge in [-0.25, -0.2) is 4.79 Å². The van der Waals surface area contributed by atoms with Crippen molar-refractivity contribution in [3.8, 4) is 0 Å². The molecule has 0 spiro atoms. The molecular weight excluding hydrogens is 174 g/mol. The van der Waals surface area contributed by atoms with Crippen molar-refractivity contribution in [2.45, 2.75) is 6.23 Å². The predicted octanol–water partition coefficient (Wildman–Crippen LogP) is -0.742. The van der Waals surface area contributed by atoms with E-state index in [0.29, 0.717) is 0 Å². The molecule has 0 saturated carbocycles. The van der Waals surface area contributed by atoms with Crippen molar-refractivity contribution in [1.29, 1.82) is 0 Å². The van der Waals surface area contributed by atoms with Crippen LogP contribution in [-0.2, 0) is 9.59 Å². The molecule has 11 heavy (non-hydrogen) atoms. The van der Waals surface area contributed by atoms with Crippen molar-refractivity contribution in [1.82, 2.24) is 5.32 Å². The van der Waals surface area contributed by atoms with Crippen molar-refractivity contribution >= 4 is 23.5 Å². The van der Waals surface area contributed by atoms with Crippen molar-refractivity contribution in [3.63, 3.8) is 0 Å². The smallest absolute Gasteiger partial charge is 0.353 e. The lowest BCUT2D eigenvalue weighted by molar-refractivity contribution is -0.150. The molecule has 3 N–H and O–H groups in total. The first kappa shape index (κ1) is 9.93. The van der Waals surface area contributed by atoms with E-state index < -0.39 is 18.1 Å². The Morgan fingerprint density at radius 2 is 2.00 bits per heavy atom. The molecule has 0 aromatic rings. The Bertz CT molecular complexity index is 203. The van der Waals surface area contributed by atoms with Gasteiger partial charge in [-0.3, -0.25) is 4.79 Å². The fraction of sp³-hybridized carbons (Fsp3) is 0.200. The Kier molecular flexibility index (Phi) is 3.56. The van der Waals surface area contributed by atoms with Crippen LogP contribution in [0.4, 0.5) is 0 Å². The van der Waals surface area contributed by atoms with Gasteiger partial charge >= 0.3 is 5.97 Å². The highest BCUT2D eigenvalue weighted by Crippen LogP contribution is 1.95. The molecule has 62 valence electrons. The summed E-state index contributed by atoms with van der Waals surface area (Å²) in [5.74, 6) is -2.47. The fourth-order valence-corrected chi connectivity index (χ4v) is 0.319. The third-order valence-corrected chi connectivity index (χ3v) is 0.920. The average Bonchev–Trinajstić information content (AvgIpc) is 1.87. The SMILES string of the molecule is C=C(Cl)C(=O)NC(O)C(=O)O. The number of aliphatic carboxylic acids is 1. The predicted molar refractivity (Wildman–Crippen MR) is 36.8 cm³/mol. The molecule has 0 aromatic carbocycles. The maximum atomic E-state index is 10.5. The van der Waals surface area contributed by atoms with Crippen molar-refractivity contribution in [3.05, 3.63) is 11.6 Å². The standard InChI is InChI=1S/C5H6ClNO4/c1-2(6)3(8)7-4(9)5(10)11/h4,9H,1H2,(H,7,8)(H,10,11). The largest absolute Gasteiger partial charge is 0.478 e. The Hall–Kier alpha value is -1.07. The van der Waals surface area contributed by atoms with Gasteiger partial charge in [-0.15, -0.1) is 0 Å². The van der Waals surface area contributed by atoms with Gasteiger partial charge in [-0.2, -0.15) is 0 Å². The summed E-state index contributed by atoms with van der Waals surface area (Å²) in [7, 11) is 0. The fourth-order valence-electron chi connectivity index (χ4n) is 0.264. The van der Waals surface area contributed by atoms with E-state index in [1.165, 1.54) is 0 Å². The molecule has 1 atom stereocenters. The molecule has 0 saturated heterocycles. The molecule has 0 rings (SSSR count). The normalized spacial score (nSPS) is 11.8. The van der Waals surface area contributed by atoms with Gasteiger partial charge < -0.3 is 15.5 Å². The molecule has 0 fully saturated rings. The monoisotopic (exact) mass is 179 g/mol. The number of amides is 1. The molecule has 0 heterocycles. The van der Waals surface area contributed by atoms with Crippen LogP contribution in [0.5, 0.6) is 0 Å². The molecule has 5 nitrogen and oxygen atoms in total. The second-order valence-corrected chi connectivity index (χ2v) is 2.08. The summed E-state index contributed by atoms with van der Waals surface area (Å²) < 4.78 is 0. The number of halogens is 1. The van der Waals surface area contributed by atoms with Crippen molar-refractivity contribution < 1.29 is 19.8 Å². The third-order valence-electron chi connectivity index (χ3n) is 0.748. The molecule has 0 radical (unpaired) electrons. The zero-order valence-electron chi connectivity index (χ0n) is 5.37. The number of carboxylic acid groups (broad SMARTS) is 1. The molecule has 0 aromatic heterocycles. The number of carboxylic acids is 1. The lowest BCUT2D eigenvalue weighted by Gasteiger charge is -2.05. The van der Waals surface area contributed by atoms with Crippen LogP contribution < -0.4 is 5.32 Å². The molecule has 1 unspecified atom stereocenters. The minimum absolute atomic E-state index is 0.384. The molecule has 0 aliphatic carbocycles. The van der Waals surface area contributed by atoms with Gasteiger partial charge in [0.15, 0.2) is 0 Å². The number of aliphatic hydroxyl groups is 1. The summed E-state index contributed by atoms with van der Waals surface area (Å²) in [5.41, 5.74) is 0. The first-order chi connectivity index (χ1) is 4.95. The van der Waals surface area contributed by atoms with Gasteiger partial charge in [-0.1, -0.05) is 18.2 Å². The maximum Gasteiger partial charge on any atom is 0.353 e. The van der Waals surface area contributed by atoms with Crippen LogP contribution in [0.2, 0.25) is 0 Å². The van der Waals surface area contributed by atoms with Crippen LogP contribution in [0.1, 0.15) is 0 Å². The number of hydrogen-bond acceptors (Lipinski definition) is 3. The minimum Gasteiger partial charge on any atom is -0.478 e. The van der Waals surface area contributed by atoms with E-state index in [-0.39, 0.29) is 5.03 Å². The van der Waals surface area contributed by atoms with E-state index in [2.05, 4.69) is 6.58 Å². The van der Waals surface area contributed by atoms with E-state index in [9.17, 15) is 9.59 Å². The number of aliphatic hydroxyl groups excluding tert-OH is 1. The van der Waals surface area contributed by atoms with E-state index >= 15 is 0 Å². The van der Waals surface area contributed by atoms with Gasteiger partial charge in [0.1, 0.15) is 0 Å². The molecule has 0 aliphatic rings. The van der Waals surface area contributed by atoms with Gasteiger partial charge in [0, 0.05) is 0 Å². The van der Waals surface area contributed by atoms with Crippen LogP contribution in [0.3, 0.4) is 0 Å².